The third-order valence-corrected chi connectivity index (χ3v) is 6.78. The summed E-state index contributed by atoms with van der Waals surface area (Å²) in [5, 5.41) is 11.3. The van der Waals surface area contributed by atoms with Gasteiger partial charge >= 0.3 is 0 Å². The molecule has 2 aliphatic rings. The first-order valence-electron chi connectivity index (χ1n) is 11.5. The molecule has 1 amide bonds. The minimum Gasteiger partial charge on any atom is -0.507 e. The van der Waals surface area contributed by atoms with Crippen LogP contribution in [-0.2, 0) is 14.3 Å². The van der Waals surface area contributed by atoms with E-state index in [0.717, 1.165) is 28.7 Å². The molecular formula is C26H29BrN2O5. The molecule has 1 unspecified atom stereocenters. The molecule has 180 valence electrons. The van der Waals surface area contributed by atoms with Crippen LogP contribution in [0.4, 0.5) is 0 Å². The highest BCUT2D eigenvalue weighted by Crippen LogP contribution is 2.40. The summed E-state index contributed by atoms with van der Waals surface area (Å²) in [5.41, 5.74) is 2.16. The Bertz CT molecular complexity index is 1090. The van der Waals surface area contributed by atoms with Gasteiger partial charge in [0, 0.05) is 36.2 Å². The van der Waals surface area contributed by atoms with Gasteiger partial charge in [-0.25, -0.2) is 0 Å². The summed E-state index contributed by atoms with van der Waals surface area (Å²) in [4.78, 5) is 30.2. The second kappa shape index (κ2) is 10.7. The van der Waals surface area contributed by atoms with Crippen molar-refractivity contribution >= 4 is 33.4 Å². The number of halogens is 1. The van der Waals surface area contributed by atoms with E-state index in [1.807, 2.05) is 44.2 Å². The van der Waals surface area contributed by atoms with Gasteiger partial charge in [-0.15, -0.1) is 0 Å². The molecular weight excluding hydrogens is 500 g/mol. The van der Waals surface area contributed by atoms with E-state index in [1.54, 1.807) is 17.0 Å². The number of nitrogens with zero attached hydrogens (tertiary/aromatic N) is 2. The first-order valence-corrected chi connectivity index (χ1v) is 12.3. The SMILES string of the molecule is CCOc1ccc(C(O)=C2C(=O)C(=O)N(CCN3CCOCC3)C2c2ccc(Br)cc2)c(C)c1. The van der Waals surface area contributed by atoms with E-state index in [9.17, 15) is 14.7 Å². The lowest BCUT2D eigenvalue weighted by atomic mass is 9.94. The van der Waals surface area contributed by atoms with Gasteiger partial charge in [-0.1, -0.05) is 28.1 Å². The molecule has 34 heavy (non-hydrogen) atoms. The zero-order chi connectivity index (χ0) is 24.2. The Hall–Kier alpha value is -2.68. The third kappa shape index (κ3) is 5.04. The Morgan fingerprint density at radius 2 is 1.82 bits per heavy atom. The number of aliphatic hydroxyl groups excluding tert-OH is 1. The van der Waals surface area contributed by atoms with Gasteiger partial charge in [0.05, 0.1) is 31.4 Å². The van der Waals surface area contributed by atoms with Crippen LogP contribution in [0.5, 0.6) is 5.75 Å². The quantitative estimate of drug-likeness (QED) is 0.333. The number of carbonyl (C=O) groups excluding carboxylic acids is 2. The van der Waals surface area contributed by atoms with E-state index in [-0.39, 0.29) is 11.3 Å². The number of likely N-dealkylation sites (tertiary alicyclic amines) is 1. The molecule has 2 heterocycles. The smallest absolute Gasteiger partial charge is 0.295 e. The molecule has 4 rings (SSSR count). The number of ether oxygens (including phenoxy) is 2. The topological polar surface area (TPSA) is 79.3 Å². The number of rotatable bonds is 7. The fourth-order valence-electron chi connectivity index (χ4n) is 4.48. The van der Waals surface area contributed by atoms with Crippen molar-refractivity contribution in [2.75, 3.05) is 46.0 Å². The Morgan fingerprint density at radius 3 is 2.47 bits per heavy atom. The second-order valence-corrected chi connectivity index (χ2v) is 9.32. The van der Waals surface area contributed by atoms with E-state index >= 15 is 0 Å². The van der Waals surface area contributed by atoms with Crippen LogP contribution in [-0.4, -0.2) is 72.6 Å². The fraction of sp³-hybridized carbons (Fsp3) is 0.385. The number of benzene rings is 2. The Labute approximate surface area is 208 Å². The van der Waals surface area contributed by atoms with Gasteiger partial charge in [0.2, 0.25) is 0 Å². The van der Waals surface area contributed by atoms with Gasteiger partial charge in [-0.3, -0.25) is 14.5 Å². The minimum absolute atomic E-state index is 0.113. The van der Waals surface area contributed by atoms with E-state index < -0.39 is 17.7 Å². The predicted molar refractivity (Wildman–Crippen MR) is 133 cm³/mol. The van der Waals surface area contributed by atoms with Crippen molar-refractivity contribution in [1.29, 1.82) is 0 Å². The lowest BCUT2D eigenvalue weighted by Gasteiger charge is -2.31. The molecule has 8 heteroatoms. The highest BCUT2D eigenvalue weighted by atomic mass is 79.9. The average Bonchev–Trinajstić information content (AvgIpc) is 3.08. The highest BCUT2D eigenvalue weighted by molar-refractivity contribution is 9.10. The van der Waals surface area contributed by atoms with Gasteiger partial charge < -0.3 is 19.5 Å². The summed E-state index contributed by atoms with van der Waals surface area (Å²) < 4.78 is 11.9. The van der Waals surface area contributed by atoms with Crippen molar-refractivity contribution in [3.8, 4) is 5.75 Å². The Morgan fingerprint density at radius 1 is 1.12 bits per heavy atom. The maximum atomic E-state index is 13.2. The highest BCUT2D eigenvalue weighted by Gasteiger charge is 2.46. The Kier molecular flexibility index (Phi) is 7.70. The normalized spacial score (nSPS) is 20.7. The fourth-order valence-corrected chi connectivity index (χ4v) is 4.74. The number of ketones is 1. The number of aliphatic hydroxyl groups is 1. The van der Waals surface area contributed by atoms with E-state index in [0.29, 0.717) is 44.2 Å². The van der Waals surface area contributed by atoms with Crippen LogP contribution < -0.4 is 4.74 Å². The monoisotopic (exact) mass is 528 g/mol. The zero-order valence-electron chi connectivity index (χ0n) is 19.4. The van der Waals surface area contributed by atoms with Crippen molar-refractivity contribution in [2.45, 2.75) is 19.9 Å². The molecule has 0 radical (unpaired) electrons. The van der Waals surface area contributed by atoms with Gasteiger partial charge in [0.15, 0.2) is 0 Å². The van der Waals surface area contributed by atoms with Crippen LogP contribution in [0.3, 0.4) is 0 Å². The molecule has 2 aliphatic heterocycles. The van der Waals surface area contributed by atoms with Crippen LogP contribution in [0, 0.1) is 6.92 Å². The van der Waals surface area contributed by atoms with Crippen LogP contribution >= 0.6 is 15.9 Å². The lowest BCUT2D eigenvalue weighted by molar-refractivity contribution is -0.140. The van der Waals surface area contributed by atoms with E-state index in [1.165, 1.54) is 0 Å². The number of morpholine rings is 1. The number of aryl methyl sites for hydroxylation is 1. The average molecular weight is 529 g/mol. The van der Waals surface area contributed by atoms with Crippen molar-refractivity contribution < 1.29 is 24.2 Å². The van der Waals surface area contributed by atoms with Crippen LogP contribution in [0.25, 0.3) is 5.76 Å². The van der Waals surface area contributed by atoms with Crippen molar-refractivity contribution in [3.63, 3.8) is 0 Å². The lowest BCUT2D eigenvalue weighted by Crippen LogP contribution is -2.42. The molecule has 0 aliphatic carbocycles. The van der Waals surface area contributed by atoms with Gasteiger partial charge in [-0.05, 0) is 55.3 Å². The Balaban J connectivity index is 1.74. The van der Waals surface area contributed by atoms with Gasteiger partial charge in [0.25, 0.3) is 11.7 Å². The standard InChI is InChI=1S/C26H29BrN2O5/c1-3-34-20-8-9-21(17(2)16-20)24(30)22-23(18-4-6-19(27)7-5-18)29(26(32)25(22)31)11-10-28-12-14-33-15-13-28/h4-9,16,23,30H,3,10-15H2,1-2H3. The van der Waals surface area contributed by atoms with E-state index in [4.69, 9.17) is 9.47 Å². The van der Waals surface area contributed by atoms with Crippen molar-refractivity contribution in [3.05, 3.63) is 69.2 Å². The van der Waals surface area contributed by atoms with Crippen molar-refractivity contribution in [2.24, 2.45) is 0 Å². The molecule has 0 spiro atoms. The number of hydrogen-bond donors (Lipinski definition) is 1. The van der Waals surface area contributed by atoms with Crippen molar-refractivity contribution in [1.82, 2.24) is 9.80 Å². The zero-order valence-corrected chi connectivity index (χ0v) is 21.0. The van der Waals surface area contributed by atoms with E-state index in [2.05, 4.69) is 20.8 Å². The molecule has 0 aromatic heterocycles. The molecule has 0 bridgehead atoms. The molecule has 2 fully saturated rings. The number of amides is 1. The predicted octanol–water partition coefficient (Wildman–Crippen LogP) is 3.91. The summed E-state index contributed by atoms with van der Waals surface area (Å²) in [6.45, 7) is 8.19. The third-order valence-electron chi connectivity index (χ3n) is 6.25. The minimum atomic E-state index is -0.667. The maximum absolute atomic E-state index is 13.2. The number of carbonyl (C=O) groups is 2. The molecule has 7 nitrogen and oxygen atoms in total. The molecule has 2 aromatic carbocycles. The maximum Gasteiger partial charge on any atom is 0.295 e. The van der Waals surface area contributed by atoms with Crippen LogP contribution in [0.15, 0.2) is 52.5 Å². The second-order valence-electron chi connectivity index (χ2n) is 8.41. The van der Waals surface area contributed by atoms with Gasteiger partial charge in [-0.2, -0.15) is 0 Å². The van der Waals surface area contributed by atoms with Crippen LogP contribution in [0.2, 0.25) is 0 Å². The number of Topliss-reactive ketones (excluding diaryl/α,β-unsaturated/α-hetero) is 1. The summed E-state index contributed by atoms with van der Waals surface area (Å²) in [7, 11) is 0. The molecule has 1 atom stereocenters. The van der Waals surface area contributed by atoms with Gasteiger partial charge in [0.1, 0.15) is 11.5 Å². The summed E-state index contributed by atoms with van der Waals surface area (Å²) in [6.07, 6.45) is 0. The largest absolute Gasteiger partial charge is 0.507 e. The summed E-state index contributed by atoms with van der Waals surface area (Å²) >= 11 is 3.45. The first kappa shape index (κ1) is 24.4. The molecule has 2 saturated heterocycles. The van der Waals surface area contributed by atoms with Crippen LogP contribution in [0.1, 0.15) is 29.7 Å². The molecule has 1 N–H and O–H groups in total. The first-order chi connectivity index (χ1) is 16.4. The molecule has 0 saturated carbocycles. The number of hydrogen-bond acceptors (Lipinski definition) is 6. The summed E-state index contributed by atoms with van der Waals surface area (Å²) in [5.74, 6) is -0.736. The summed E-state index contributed by atoms with van der Waals surface area (Å²) in [6, 6.07) is 12.1. The molecule has 2 aromatic rings.